The highest BCUT2D eigenvalue weighted by Crippen LogP contribution is 2.17. The van der Waals surface area contributed by atoms with Crippen molar-refractivity contribution in [3.8, 4) is 0 Å². The number of benzene rings is 2. The summed E-state index contributed by atoms with van der Waals surface area (Å²) in [4.78, 5) is 23.4. The Morgan fingerprint density at radius 1 is 1.17 bits per heavy atom. The van der Waals surface area contributed by atoms with Crippen LogP contribution < -0.4 is 16.4 Å². The molecule has 2 aromatic carbocycles. The molecule has 0 unspecified atom stereocenters. The summed E-state index contributed by atoms with van der Waals surface area (Å²) in [6.07, 6.45) is 0. The van der Waals surface area contributed by atoms with Crippen LogP contribution in [0.2, 0.25) is 5.02 Å². The first kappa shape index (κ1) is 16.8. The van der Waals surface area contributed by atoms with E-state index in [1.165, 1.54) is 0 Å². The van der Waals surface area contributed by atoms with E-state index in [-0.39, 0.29) is 18.5 Å². The van der Waals surface area contributed by atoms with Crippen LogP contribution in [0.5, 0.6) is 0 Å². The summed E-state index contributed by atoms with van der Waals surface area (Å²) >= 11 is 5.94. The Morgan fingerprint density at radius 3 is 2.61 bits per heavy atom. The Bertz CT molecular complexity index is 718. The second-order valence-corrected chi connectivity index (χ2v) is 5.54. The number of anilines is 1. The highest BCUT2D eigenvalue weighted by atomic mass is 35.5. The fourth-order valence-electron chi connectivity index (χ4n) is 2.18. The van der Waals surface area contributed by atoms with E-state index in [4.69, 9.17) is 17.3 Å². The van der Waals surface area contributed by atoms with Crippen LogP contribution >= 0.6 is 11.6 Å². The number of nitrogens with one attached hydrogen (secondary N) is 2. The Morgan fingerprint density at radius 2 is 1.91 bits per heavy atom. The quantitative estimate of drug-likeness (QED) is 0.761. The number of carbonyl (C=O) groups excluding carboxylic acids is 2. The van der Waals surface area contributed by atoms with Crippen LogP contribution in [0.4, 0.5) is 5.69 Å². The van der Waals surface area contributed by atoms with Gasteiger partial charge in [-0.05, 0) is 36.8 Å². The second-order valence-electron chi connectivity index (χ2n) is 5.11. The summed E-state index contributed by atoms with van der Waals surface area (Å²) in [6.45, 7) is 1.91. The molecule has 120 valence electrons. The van der Waals surface area contributed by atoms with Gasteiger partial charge in [-0.25, -0.2) is 0 Å². The van der Waals surface area contributed by atoms with Gasteiger partial charge < -0.3 is 16.4 Å². The van der Waals surface area contributed by atoms with E-state index in [0.29, 0.717) is 16.3 Å². The van der Waals surface area contributed by atoms with Crippen LogP contribution in [0.15, 0.2) is 48.5 Å². The minimum absolute atomic E-state index is 0.0369. The molecular formula is C17H18ClN3O2. The van der Waals surface area contributed by atoms with Gasteiger partial charge in [-0.1, -0.05) is 35.9 Å². The molecule has 0 aliphatic carbocycles. The number of hydrogen-bond acceptors (Lipinski definition) is 3. The van der Waals surface area contributed by atoms with E-state index in [9.17, 15) is 9.59 Å². The third-order valence-corrected chi connectivity index (χ3v) is 3.59. The Hall–Kier alpha value is -2.53. The molecule has 0 aliphatic heterocycles. The maximum Gasteiger partial charge on any atom is 0.250 e. The summed E-state index contributed by atoms with van der Waals surface area (Å²) in [6, 6.07) is 13.9. The van der Waals surface area contributed by atoms with Gasteiger partial charge in [0.25, 0.3) is 5.91 Å². The lowest BCUT2D eigenvalue weighted by molar-refractivity contribution is -0.120. The third-order valence-electron chi connectivity index (χ3n) is 3.36. The number of rotatable bonds is 6. The summed E-state index contributed by atoms with van der Waals surface area (Å²) < 4.78 is 0. The zero-order valence-electron chi connectivity index (χ0n) is 12.7. The first-order valence-corrected chi connectivity index (χ1v) is 7.52. The normalized spacial score (nSPS) is 11.6. The van der Waals surface area contributed by atoms with Crippen molar-refractivity contribution in [1.82, 2.24) is 5.32 Å². The van der Waals surface area contributed by atoms with Gasteiger partial charge in [0.05, 0.1) is 18.2 Å². The van der Waals surface area contributed by atoms with Gasteiger partial charge in [-0.15, -0.1) is 0 Å². The molecule has 0 fully saturated rings. The predicted molar refractivity (Wildman–Crippen MR) is 91.5 cm³/mol. The Balaban J connectivity index is 1.94. The SMILES string of the molecule is C[C@@H](NC(=O)CNc1ccccc1C(N)=O)c1cccc(Cl)c1. The van der Waals surface area contributed by atoms with Crippen molar-refractivity contribution in [3.05, 3.63) is 64.7 Å². The van der Waals surface area contributed by atoms with Crippen molar-refractivity contribution in [1.29, 1.82) is 0 Å². The number of hydrogen-bond donors (Lipinski definition) is 3. The minimum Gasteiger partial charge on any atom is -0.376 e. The number of carbonyl (C=O) groups is 2. The summed E-state index contributed by atoms with van der Waals surface area (Å²) in [5.41, 5.74) is 7.10. The van der Waals surface area contributed by atoms with E-state index < -0.39 is 5.91 Å². The van der Waals surface area contributed by atoms with Gasteiger partial charge in [-0.2, -0.15) is 0 Å². The van der Waals surface area contributed by atoms with Gasteiger partial charge in [0, 0.05) is 10.7 Å². The van der Waals surface area contributed by atoms with Crippen molar-refractivity contribution in [2.45, 2.75) is 13.0 Å². The smallest absolute Gasteiger partial charge is 0.250 e. The lowest BCUT2D eigenvalue weighted by atomic mass is 10.1. The van der Waals surface area contributed by atoms with Gasteiger partial charge in [0.15, 0.2) is 0 Å². The van der Waals surface area contributed by atoms with Crippen molar-refractivity contribution >= 4 is 29.1 Å². The fraction of sp³-hybridized carbons (Fsp3) is 0.176. The lowest BCUT2D eigenvalue weighted by Gasteiger charge is -2.16. The molecule has 2 aromatic rings. The second kappa shape index (κ2) is 7.65. The molecule has 2 amide bonds. The molecule has 0 saturated carbocycles. The molecule has 0 heterocycles. The van der Waals surface area contributed by atoms with Gasteiger partial charge >= 0.3 is 0 Å². The highest BCUT2D eigenvalue weighted by Gasteiger charge is 2.11. The lowest BCUT2D eigenvalue weighted by Crippen LogP contribution is -2.32. The van der Waals surface area contributed by atoms with Gasteiger partial charge in [0.1, 0.15) is 0 Å². The molecule has 23 heavy (non-hydrogen) atoms. The molecular weight excluding hydrogens is 314 g/mol. The molecule has 5 nitrogen and oxygen atoms in total. The zero-order chi connectivity index (χ0) is 16.8. The molecule has 0 radical (unpaired) electrons. The maximum absolute atomic E-state index is 12.0. The monoisotopic (exact) mass is 331 g/mol. The number of para-hydroxylation sites is 1. The number of amides is 2. The minimum atomic E-state index is -0.541. The number of halogens is 1. The van der Waals surface area contributed by atoms with Crippen LogP contribution in [0.25, 0.3) is 0 Å². The van der Waals surface area contributed by atoms with Crippen molar-refractivity contribution in [2.75, 3.05) is 11.9 Å². The summed E-state index contributed by atoms with van der Waals surface area (Å²) in [5, 5.41) is 6.41. The van der Waals surface area contributed by atoms with E-state index >= 15 is 0 Å². The number of primary amides is 1. The average Bonchev–Trinajstić information content (AvgIpc) is 2.53. The van der Waals surface area contributed by atoms with E-state index in [0.717, 1.165) is 5.56 Å². The predicted octanol–water partition coefficient (Wildman–Crippen LogP) is 2.73. The molecule has 4 N–H and O–H groups in total. The standard InChI is InChI=1S/C17H18ClN3O2/c1-11(12-5-4-6-13(18)9-12)21-16(22)10-20-15-8-3-2-7-14(15)17(19)23/h2-9,11,20H,10H2,1H3,(H2,19,23)(H,21,22)/t11-/m1/s1. The van der Waals surface area contributed by atoms with E-state index in [1.54, 1.807) is 30.3 Å². The highest BCUT2D eigenvalue weighted by molar-refractivity contribution is 6.30. The molecule has 0 saturated heterocycles. The maximum atomic E-state index is 12.0. The van der Waals surface area contributed by atoms with Crippen molar-refractivity contribution < 1.29 is 9.59 Å². The van der Waals surface area contributed by atoms with E-state index in [1.807, 2.05) is 25.1 Å². The van der Waals surface area contributed by atoms with Crippen LogP contribution in [-0.2, 0) is 4.79 Å². The molecule has 0 aliphatic rings. The van der Waals surface area contributed by atoms with Crippen LogP contribution in [0.3, 0.4) is 0 Å². The topological polar surface area (TPSA) is 84.2 Å². The van der Waals surface area contributed by atoms with E-state index in [2.05, 4.69) is 10.6 Å². The largest absolute Gasteiger partial charge is 0.376 e. The first-order valence-electron chi connectivity index (χ1n) is 7.15. The Labute approximate surface area is 139 Å². The molecule has 6 heteroatoms. The molecule has 2 rings (SSSR count). The van der Waals surface area contributed by atoms with Gasteiger partial charge in [0.2, 0.25) is 5.91 Å². The third kappa shape index (κ3) is 4.72. The van der Waals surface area contributed by atoms with Crippen LogP contribution in [0, 0.1) is 0 Å². The molecule has 0 bridgehead atoms. The zero-order valence-corrected chi connectivity index (χ0v) is 13.4. The average molecular weight is 332 g/mol. The molecule has 0 spiro atoms. The fourth-order valence-corrected chi connectivity index (χ4v) is 2.38. The van der Waals surface area contributed by atoms with Crippen molar-refractivity contribution in [2.24, 2.45) is 5.73 Å². The van der Waals surface area contributed by atoms with Crippen molar-refractivity contribution in [3.63, 3.8) is 0 Å². The summed E-state index contributed by atoms with van der Waals surface area (Å²) in [5.74, 6) is -0.738. The first-order chi connectivity index (χ1) is 11.0. The molecule has 1 atom stereocenters. The van der Waals surface area contributed by atoms with Crippen LogP contribution in [0.1, 0.15) is 28.9 Å². The Kier molecular flexibility index (Phi) is 5.60. The molecule has 0 aromatic heterocycles. The van der Waals surface area contributed by atoms with Gasteiger partial charge in [-0.3, -0.25) is 9.59 Å². The summed E-state index contributed by atoms with van der Waals surface area (Å²) in [7, 11) is 0. The number of nitrogens with two attached hydrogens (primary N) is 1. The van der Waals surface area contributed by atoms with Crippen LogP contribution in [-0.4, -0.2) is 18.4 Å².